The summed E-state index contributed by atoms with van der Waals surface area (Å²) in [5.41, 5.74) is 7.06. The van der Waals surface area contributed by atoms with Crippen LogP contribution in [-0.2, 0) is 35.1 Å². The van der Waals surface area contributed by atoms with Crippen LogP contribution in [0, 0.1) is 11.8 Å². The number of likely N-dealkylation sites (tertiary alicyclic amines) is 2. The number of rotatable bonds is 12. The molecule has 3 fully saturated rings. The van der Waals surface area contributed by atoms with Crippen molar-refractivity contribution in [3.8, 4) is 28.1 Å². The lowest BCUT2D eigenvalue weighted by Crippen LogP contribution is -2.54. The molecule has 0 bridgehead atoms. The topological polar surface area (TPSA) is 202 Å². The molecule has 4 aliphatic rings. The number of piperidine rings is 1. The maximum absolute atomic E-state index is 14.4. The van der Waals surface area contributed by atoms with E-state index in [1.54, 1.807) is 25.1 Å². The van der Waals surface area contributed by atoms with Crippen molar-refractivity contribution in [1.29, 1.82) is 0 Å². The third kappa shape index (κ3) is 7.74. The number of alkyl carbamates (subject to hydrolysis) is 2. The number of benzene rings is 4. The quantitative estimate of drug-likeness (QED) is 0.102. The zero-order valence-corrected chi connectivity index (χ0v) is 37.3. The summed E-state index contributed by atoms with van der Waals surface area (Å²) in [5.74, 6) is 2.04. The van der Waals surface area contributed by atoms with E-state index in [1.807, 2.05) is 47.4 Å². The summed E-state index contributed by atoms with van der Waals surface area (Å²) in [5, 5.41) is 7.32. The minimum Gasteiger partial charge on any atom is -0.488 e. The smallest absolute Gasteiger partial charge is 0.407 e. The summed E-state index contributed by atoms with van der Waals surface area (Å²) in [6.07, 6.45) is 2.17. The van der Waals surface area contributed by atoms with Crippen LogP contribution in [0.1, 0.15) is 67.1 Å². The molecule has 6 aromatic rings. The minimum atomic E-state index is -0.958. The molecule has 10 rings (SSSR count). The Labute approximate surface area is 380 Å². The van der Waals surface area contributed by atoms with Gasteiger partial charge in [-0.1, -0.05) is 48.5 Å². The molecule has 0 radical (unpaired) electrons. The highest BCUT2D eigenvalue weighted by Crippen LogP contribution is 2.53. The van der Waals surface area contributed by atoms with E-state index in [4.69, 9.17) is 33.7 Å². The van der Waals surface area contributed by atoms with Crippen molar-refractivity contribution in [2.75, 3.05) is 41.6 Å². The van der Waals surface area contributed by atoms with Gasteiger partial charge in [0.2, 0.25) is 5.91 Å². The van der Waals surface area contributed by atoms with Crippen LogP contribution in [0.4, 0.5) is 9.59 Å². The number of imidazole rings is 2. The fourth-order valence-electron chi connectivity index (χ4n) is 10.2. The van der Waals surface area contributed by atoms with Gasteiger partial charge >= 0.3 is 12.2 Å². The molecule has 0 spiro atoms. The highest BCUT2D eigenvalue weighted by atomic mass is 16.5. The number of aromatic nitrogens is 4. The number of nitrogens with zero attached hydrogens (tertiary/aromatic N) is 4. The second-order valence-corrected chi connectivity index (χ2v) is 17.7. The molecule has 17 nitrogen and oxygen atoms in total. The summed E-state index contributed by atoms with van der Waals surface area (Å²) < 4.78 is 27.2. The van der Waals surface area contributed by atoms with Crippen LogP contribution < -0.4 is 15.4 Å². The van der Waals surface area contributed by atoms with Gasteiger partial charge in [-0.3, -0.25) is 9.59 Å². The zero-order chi connectivity index (χ0) is 45.8. The molecule has 5 heterocycles. The largest absolute Gasteiger partial charge is 0.488 e. The van der Waals surface area contributed by atoms with E-state index in [2.05, 4.69) is 50.9 Å². The highest BCUT2D eigenvalue weighted by molar-refractivity contribution is 6.07. The first-order chi connectivity index (χ1) is 32.1. The van der Waals surface area contributed by atoms with E-state index in [0.29, 0.717) is 49.3 Å². The predicted octanol–water partition coefficient (Wildman–Crippen LogP) is 6.72. The summed E-state index contributed by atoms with van der Waals surface area (Å²) in [7, 11) is 5.71. The number of amides is 4. The van der Waals surface area contributed by atoms with E-state index >= 15 is 0 Å². The third-order valence-electron chi connectivity index (χ3n) is 13.7. The van der Waals surface area contributed by atoms with E-state index in [9.17, 15) is 19.2 Å². The minimum absolute atomic E-state index is 0.0557. The fraction of sp³-hybridized carbons (Fsp3) is 0.388. The average molecular weight is 897 g/mol. The lowest BCUT2D eigenvalue weighted by atomic mass is 9.92. The molecule has 4 aromatic carbocycles. The van der Waals surface area contributed by atoms with Gasteiger partial charge in [-0.25, -0.2) is 19.6 Å². The van der Waals surface area contributed by atoms with Crippen LogP contribution in [-0.4, -0.2) is 114 Å². The Kier molecular flexibility index (Phi) is 11.3. The second kappa shape index (κ2) is 17.4. The van der Waals surface area contributed by atoms with Crippen molar-refractivity contribution in [2.45, 2.75) is 69.1 Å². The van der Waals surface area contributed by atoms with Crippen LogP contribution >= 0.6 is 0 Å². The van der Waals surface area contributed by atoms with Crippen molar-refractivity contribution < 1.29 is 42.9 Å². The van der Waals surface area contributed by atoms with Crippen LogP contribution in [0.2, 0.25) is 0 Å². The third-order valence-corrected chi connectivity index (χ3v) is 13.7. The van der Waals surface area contributed by atoms with Crippen molar-refractivity contribution in [2.24, 2.45) is 11.8 Å². The van der Waals surface area contributed by atoms with Crippen LogP contribution in [0.3, 0.4) is 0 Å². The van der Waals surface area contributed by atoms with Gasteiger partial charge in [0.15, 0.2) is 0 Å². The normalized spacial score (nSPS) is 21.9. The molecule has 2 saturated heterocycles. The number of ether oxygens (including phenoxy) is 5. The first kappa shape index (κ1) is 42.9. The number of H-pyrrole nitrogens is 2. The molecule has 17 heteroatoms. The Bertz CT molecular complexity index is 2850. The van der Waals surface area contributed by atoms with Crippen LogP contribution in [0.5, 0.6) is 5.75 Å². The summed E-state index contributed by atoms with van der Waals surface area (Å²) in [6.45, 7) is 3.00. The van der Waals surface area contributed by atoms with E-state index < -0.39 is 36.4 Å². The van der Waals surface area contributed by atoms with Gasteiger partial charge in [-0.15, -0.1) is 0 Å². The number of carbonyl (C=O) groups is 4. The van der Waals surface area contributed by atoms with E-state index in [-0.39, 0.29) is 29.8 Å². The number of nitrogens with one attached hydrogen (secondary N) is 4. The van der Waals surface area contributed by atoms with Crippen LogP contribution in [0.25, 0.3) is 44.2 Å². The molecule has 8 atom stereocenters. The molecular formula is C49H52N8O9. The molecule has 2 aromatic heterocycles. The lowest BCUT2D eigenvalue weighted by Gasteiger charge is -2.32. The number of fused-ring (bicyclic) bond motifs is 7. The summed E-state index contributed by atoms with van der Waals surface area (Å²) in [6, 6.07) is 21.3. The van der Waals surface area contributed by atoms with Gasteiger partial charge < -0.3 is 54.1 Å². The monoisotopic (exact) mass is 896 g/mol. The van der Waals surface area contributed by atoms with Crippen molar-refractivity contribution >= 4 is 45.8 Å². The van der Waals surface area contributed by atoms with Gasteiger partial charge in [0.05, 0.1) is 61.9 Å². The molecule has 66 heavy (non-hydrogen) atoms. The standard InChI is InChI=1S/C49H52N8O9/c1-25(63-3)41(54-48(60)64-4)47(59)57-37-18-30(37)19-39(57)44-50-21-36(52-44)29-11-13-32-31(16-29)24-66-40-20-33-28(17-34(32)40)12-14-35-43(33)53-45(51-35)38-15-26(23-62-2)22-56(38)46(58)42(55-49(61)65-5)27-9-7-6-8-10-27/h6-14,16-17,20-21,25-26,30,37-39,41-42H,15,18-19,22-24H2,1-5H3,(H,50,52)(H,51,53)(H,54,60)(H,55,61)/t25-,26+,30-,37-,38+,39+,41?,42-/m1/s1. The molecule has 4 amide bonds. The predicted molar refractivity (Wildman–Crippen MR) is 242 cm³/mol. The zero-order valence-electron chi connectivity index (χ0n) is 37.3. The Morgan fingerprint density at radius 3 is 2.42 bits per heavy atom. The van der Waals surface area contributed by atoms with Gasteiger partial charge in [-0.05, 0) is 84.0 Å². The second-order valence-electron chi connectivity index (χ2n) is 17.7. The Balaban J connectivity index is 0.912. The Hall–Kier alpha value is -6.98. The van der Waals surface area contributed by atoms with E-state index in [0.717, 1.165) is 68.3 Å². The van der Waals surface area contributed by atoms with Gasteiger partial charge in [0.1, 0.15) is 36.1 Å². The molecule has 1 aliphatic carbocycles. The molecule has 1 saturated carbocycles. The van der Waals surface area contributed by atoms with Crippen LogP contribution in [0.15, 0.2) is 79.0 Å². The van der Waals surface area contributed by atoms with Gasteiger partial charge in [0.25, 0.3) is 5.91 Å². The number of aromatic amines is 2. The fourth-order valence-corrected chi connectivity index (χ4v) is 10.2. The number of hydrogen-bond donors (Lipinski definition) is 4. The Morgan fingerprint density at radius 2 is 1.65 bits per heavy atom. The Morgan fingerprint density at radius 1 is 0.848 bits per heavy atom. The van der Waals surface area contributed by atoms with Crippen molar-refractivity contribution in [3.05, 3.63) is 102 Å². The van der Waals surface area contributed by atoms with Gasteiger partial charge in [-0.2, -0.15) is 0 Å². The number of methoxy groups -OCH3 is 4. The molecule has 4 N–H and O–H groups in total. The maximum Gasteiger partial charge on any atom is 0.407 e. The number of hydrogen-bond acceptors (Lipinski definition) is 11. The SMILES string of the molecule is COC[C@H]1C[C@@H](c2nc3c(ccc4cc5c(cc43)OCc3cc(-c4cnc([C@@H]6C[C@H]7C[C@H]7N6C(=O)C(NC(=O)OC)[C@@H](C)OC)[nH]4)ccc3-5)[nH]2)N(C(=O)[C@H](NC(=O)OC)c2ccccc2)C1. The first-order valence-corrected chi connectivity index (χ1v) is 22.2. The van der Waals surface area contributed by atoms with Gasteiger partial charge in [0, 0.05) is 43.7 Å². The number of carbonyl (C=O) groups excluding carboxylic acids is 4. The molecule has 1 unspecified atom stereocenters. The highest BCUT2D eigenvalue weighted by Gasteiger charge is 2.56. The summed E-state index contributed by atoms with van der Waals surface area (Å²) >= 11 is 0. The molecule has 342 valence electrons. The molecule has 3 aliphatic heterocycles. The maximum atomic E-state index is 14.4. The lowest BCUT2D eigenvalue weighted by molar-refractivity contribution is -0.139. The van der Waals surface area contributed by atoms with E-state index in [1.165, 1.54) is 21.3 Å². The average Bonchev–Trinajstić information content (AvgIpc) is 3.81. The molecular weight excluding hydrogens is 845 g/mol. The van der Waals surface area contributed by atoms with Crippen molar-refractivity contribution in [1.82, 2.24) is 40.4 Å². The first-order valence-electron chi connectivity index (χ1n) is 22.2. The van der Waals surface area contributed by atoms with Crippen molar-refractivity contribution in [3.63, 3.8) is 0 Å². The summed E-state index contributed by atoms with van der Waals surface area (Å²) in [4.78, 5) is 73.7.